The van der Waals surface area contributed by atoms with Crippen molar-refractivity contribution in [1.82, 2.24) is 9.88 Å². The fourth-order valence-corrected chi connectivity index (χ4v) is 3.11. The third-order valence-electron chi connectivity index (χ3n) is 3.82. The molecular formula is C12H13F3N4O2S. The second-order valence-electron chi connectivity index (χ2n) is 5.17. The number of fused-ring (bicyclic) bond motifs is 3. The van der Waals surface area contributed by atoms with Crippen molar-refractivity contribution in [3.05, 3.63) is 17.8 Å². The molecule has 1 amide bonds. The van der Waals surface area contributed by atoms with Crippen LogP contribution in [0.1, 0.15) is 5.56 Å². The van der Waals surface area contributed by atoms with Crippen molar-refractivity contribution < 1.29 is 23.1 Å². The van der Waals surface area contributed by atoms with Crippen LogP contribution in [0.25, 0.3) is 0 Å². The molecule has 1 aromatic rings. The molecule has 0 radical (unpaired) electrons. The summed E-state index contributed by atoms with van der Waals surface area (Å²) in [5.41, 5.74) is -0.572. The van der Waals surface area contributed by atoms with Gasteiger partial charge in [0.2, 0.25) is 0 Å². The van der Waals surface area contributed by atoms with E-state index in [1.165, 1.54) is 4.90 Å². The van der Waals surface area contributed by atoms with Gasteiger partial charge < -0.3 is 20.2 Å². The topological polar surface area (TPSA) is 68.7 Å². The third-order valence-corrected chi connectivity index (χ3v) is 4.30. The van der Waals surface area contributed by atoms with Crippen LogP contribution in [0.5, 0.6) is 0 Å². The predicted molar refractivity (Wildman–Crippen MR) is 76.4 cm³/mol. The first-order valence-electron chi connectivity index (χ1n) is 6.54. The van der Waals surface area contributed by atoms with Crippen LogP contribution in [0.3, 0.4) is 0 Å². The molecule has 120 valence electrons. The molecule has 1 aromatic heterocycles. The van der Waals surface area contributed by atoms with Crippen LogP contribution in [-0.2, 0) is 6.18 Å². The summed E-state index contributed by atoms with van der Waals surface area (Å²) in [5, 5.41) is 11.4. The second-order valence-corrected chi connectivity index (χ2v) is 5.73. The number of alkyl halides is 3. The Kier molecular flexibility index (Phi) is 3.50. The van der Waals surface area contributed by atoms with Gasteiger partial charge in [0.25, 0.3) is 0 Å². The number of pyridine rings is 1. The summed E-state index contributed by atoms with van der Waals surface area (Å²) in [7, 11) is 0. The Hall–Kier alpha value is -1.84. The fraction of sp³-hybridized carbons (Fsp3) is 0.500. The number of anilines is 2. The van der Waals surface area contributed by atoms with Crippen LogP contribution in [0, 0.1) is 0 Å². The van der Waals surface area contributed by atoms with Gasteiger partial charge in [0.15, 0.2) is 5.82 Å². The summed E-state index contributed by atoms with van der Waals surface area (Å²) in [6.45, 7) is 0.855. The summed E-state index contributed by atoms with van der Waals surface area (Å²) in [5.74, 6) is 0.397. The highest BCUT2D eigenvalue weighted by Gasteiger charge is 2.40. The molecule has 1 saturated heterocycles. The van der Waals surface area contributed by atoms with Crippen molar-refractivity contribution in [3.8, 4) is 0 Å². The highest BCUT2D eigenvalue weighted by atomic mass is 32.1. The Balaban J connectivity index is 1.92. The van der Waals surface area contributed by atoms with E-state index in [4.69, 9.17) is 5.11 Å². The molecule has 0 aliphatic carbocycles. The number of piperazine rings is 1. The first kappa shape index (κ1) is 15.1. The Bertz CT molecular complexity index is 613. The molecular weight excluding hydrogens is 321 g/mol. The summed E-state index contributed by atoms with van der Waals surface area (Å²) >= 11 is 4.34. The zero-order chi connectivity index (χ0) is 16.1. The van der Waals surface area contributed by atoms with Gasteiger partial charge in [-0.05, 0) is 6.07 Å². The number of hydrogen-bond acceptors (Lipinski definition) is 5. The Labute approximate surface area is 129 Å². The van der Waals surface area contributed by atoms with E-state index in [0.29, 0.717) is 12.4 Å². The molecule has 0 bridgehead atoms. The minimum Gasteiger partial charge on any atom is -0.465 e. The lowest BCUT2D eigenvalue weighted by Gasteiger charge is -2.47. The SMILES string of the molecule is O=C(O)N1CCN2c3ncc(C(F)(F)F)cc3NC(S)C2C1. The second kappa shape index (κ2) is 5.11. The van der Waals surface area contributed by atoms with Gasteiger partial charge in [-0.1, -0.05) is 0 Å². The van der Waals surface area contributed by atoms with Crippen LogP contribution < -0.4 is 10.2 Å². The summed E-state index contributed by atoms with van der Waals surface area (Å²) in [4.78, 5) is 18.0. The lowest BCUT2D eigenvalue weighted by atomic mass is 10.1. The van der Waals surface area contributed by atoms with Crippen molar-refractivity contribution in [2.75, 3.05) is 29.9 Å². The molecule has 1 fully saturated rings. The average Bonchev–Trinajstić information content (AvgIpc) is 2.45. The number of carboxylic acid groups (broad SMARTS) is 1. The van der Waals surface area contributed by atoms with Gasteiger partial charge in [-0.2, -0.15) is 25.8 Å². The van der Waals surface area contributed by atoms with Crippen LogP contribution in [0.2, 0.25) is 0 Å². The average molecular weight is 334 g/mol. The minimum atomic E-state index is -4.46. The van der Waals surface area contributed by atoms with E-state index in [1.807, 2.05) is 4.90 Å². The highest BCUT2D eigenvalue weighted by Crippen LogP contribution is 2.38. The molecule has 0 saturated carbocycles. The molecule has 0 spiro atoms. The van der Waals surface area contributed by atoms with Crippen molar-refractivity contribution in [2.24, 2.45) is 0 Å². The van der Waals surface area contributed by atoms with Gasteiger partial charge >= 0.3 is 12.3 Å². The first-order valence-corrected chi connectivity index (χ1v) is 7.05. The smallest absolute Gasteiger partial charge is 0.417 e. The normalized spacial score (nSPS) is 24.4. The van der Waals surface area contributed by atoms with E-state index >= 15 is 0 Å². The lowest BCUT2D eigenvalue weighted by Crippen LogP contribution is -2.61. The molecule has 3 heterocycles. The quantitative estimate of drug-likeness (QED) is 0.633. The summed E-state index contributed by atoms with van der Waals surface area (Å²) in [6, 6.07) is 0.718. The highest BCUT2D eigenvalue weighted by molar-refractivity contribution is 7.81. The molecule has 6 nitrogen and oxygen atoms in total. The van der Waals surface area contributed by atoms with Gasteiger partial charge in [0.1, 0.15) is 0 Å². The standard InChI is InChI=1S/C12H13F3N4O2S/c13-12(14,15)6-3-7-9(16-4-6)19-2-1-18(11(20)21)5-8(19)10(22)17-7/h3-4,8,10,17,22H,1-2,5H2,(H,20,21). The van der Waals surface area contributed by atoms with E-state index < -0.39 is 23.2 Å². The molecule has 10 heteroatoms. The minimum absolute atomic E-state index is 0.221. The number of rotatable bonds is 0. The lowest BCUT2D eigenvalue weighted by molar-refractivity contribution is -0.137. The molecule has 2 unspecified atom stereocenters. The third kappa shape index (κ3) is 2.51. The van der Waals surface area contributed by atoms with E-state index in [-0.39, 0.29) is 24.8 Å². The van der Waals surface area contributed by atoms with Crippen LogP contribution in [0.15, 0.2) is 12.3 Å². The van der Waals surface area contributed by atoms with Crippen molar-refractivity contribution >= 4 is 30.2 Å². The number of hydrogen-bond donors (Lipinski definition) is 3. The Morgan fingerprint density at radius 2 is 2.18 bits per heavy atom. The summed E-state index contributed by atoms with van der Waals surface area (Å²) < 4.78 is 38.3. The van der Waals surface area contributed by atoms with Crippen molar-refractivity contribution in [2.45, 2.75) is 17.6 Å². The maximum absolute atomic E-state index is 12.8. The number of aromatic nitrogens is 1. The Morgan fingerprint density at radius 1 is 1.45 bits per heavy atom. The monoisotopic (exact) mass is 334 g/mol. The number of nitrogens with one attached hydrogen (secondary N) is 1. The summed E-state index contributed by atoms with van der Waals surface area (Å²) in [6.07, 6.45) is -4.69. The number of carbonyl (C=O) groups is 1. The number of nitrogens with zero attached hydrogens (tertiary/aromatic N) is 3. The van der Waals surface area contributed by atoms with Gasteiger partial charge in [-0.15, -0.1) is 0 Å². The number of thiol groups is 1. The molecule has 2 atom stereocenters. The Morgan fingerprint density at radius 3 is 2.82 bits per heavy atom. The van der Waals surface area contributed by atoms with Crippen molar-refractivity contribution in [1.29, 1.82) is 0 Å². The predicted octanol–water partition coefficient (Wildman–Crippen LogP) is 1.95. The zero-order valence-electron chi connectivity index (χ0n) is 11.2. The fourth-order valence-electron chi connectivity index (χ4n) is 2.72. The molecule has 3 rings (SSSR count). The van der Waals surface area contributed by atoms with E-state index in [2.05, 4.69) is 22.9 Å². The van der Waals surface area contributed by atoms with Gasteiger partial charge in [0.05, 0.1) is 22.7 Å². The largest absolute Gasteiger partial charge is 0.465 e. The van der Waals surface area contributed by atoms with Gasteiger partial charge in [-0.3, -0.25) is 0 Å². The number of amides is 1. The van der Waals surface area contributed by atoms with Crippen LogP contribution in [-0.4, -0.2) is 52.1 Å². The molecule has 0 aromatic carbocycles. The van der Waals surface area contributed by atoms with E-state index in [0.717, 1.165) is 12.3 Å². The molecule has 22 heavy (non-hydrogen) atoms. The number of halogens is 3. The maximum atomic E-state index is 12.8. The maximum Gasteiger partial charge on any atom is 0.417 e. The molecule has 2 N–H and O–H groups in total. The van der Waals surface area contributed by atoms with E-state index in [1.54, 1.807) is 0 Å². The van der Waals surface area contributed by atoms with E-state index in [9.17, 15) is 18.0 Å². The van der Waals surface area contributed by atoms with Crippen LogP contribution in [0.4, 0.5) is 29.5 Å². The molecule has 2 aliphatic heterocycles. The first-order chi connectivity index (χ1) is 10.3. The van der Waals surface area contributed by atoms with Crippen molar-refractivity contribution in [3.63, 3.8) is 0 Å². The van der Waals surface area contributed by atoms with Gasteiger partial charge in [0, 0.05) is 25.8 Å². The van der Waals surface area contributed by atoms with Crippen LogP contribution >= 0.6 is 12.6 Å². The van der Waals surface area contributed by atoms with Gasteiger partial charge in [-0.25, -0.2) is 9.78 Å². The molecule has 2 aliphatic rings. The zero-order valence-corrected chi connectivity index (χ0v) is 12.1.